The van der Waals surface area contributed by atoms with E-state index in [2.05, 4.69) is 93.1 Å². The fourth-order valence-electron chi connectivity index (χ4n) is 4.05. The SMILES string of the molecule is CCN(c1cccc(C)c1)c1ncnc(N2CCN(Cc3ccccc3)CC2)c1N. The average molecular weight is 403 g/mol. The Balaban J connectivity index is 1.49. The van der Waals surface area contributed by atoms with E-state index in [-0.39, 0.29) is 0 Å². The van der Waals surface area contributed by atoms with Crippen molar-refractivity contribution >= 4 is 23.0 Å². The summed E-state index contributed by atoms with van der Waals surface area (Å²) in [6.45, 7) is 9.78. The molecule has 1 aromatic heterocycles. The van der Waals surface area contributed by atoms with Gasteiger partial charge in [-0.2, -0.15) is 0 Å². The van der Waals surface area contributed by atoms with E-state index < -0.39 is 0 Å². The minimum Gasteiger partial charge on any atom is -0.393 e. The van der Waals surface area contributed by atoms with Crippen LogP contribution >= 0.6 is 0 Å². The van der Waals surface area contributed by atoms with Gasteiger partial charge in [-0.05, 0) is 37.1 Å². The molecule has 4 rings (SSSR count). The lowest BCUT2D eigenvalue weighted by molar-refractivity contribution is 0.249. The molecule has 0 spiro atoms. The van der Waals surface area contributed by atoms with E-state index in [1.54, 1.807) is 6.33 Å². The van der Waals surface area contributed by atoms with Crippen LogP contribution in [0.3, 0.4) is 0 Å². The summed E-state index contributed by atoms with van der Waals surface area (Å²) in [5.41, 5.74) is 10.9. The molecule has 156 valence electrons. The first-order valence-electron chi connectivity index (χ1n) is 10.6. The van der Waals surface area contributed by atoms with Gasteiger partial charge in [0.25, 0.3) is 0 Å². The van der Waals surface area contributed by atoms with Gasteiger partial charge in [0.05, 0.1) is 0 Å². The second-order valence-electron chi connectivity index (χ2n) is 7.77. The Labute approximate surface area is 179 Å². The number of piperazine rings is 1. The number of benzene rings is 2. The maximum Gasteiger partial charge on any atom is 0.161 e. The Morgan fingerprint density at radius 2 is 1.73 bits per heavy atom. The number of hydrogen-bond acceptors (Lipinski definition) is 6. The van der Waals surface area contributed by atoms with Crippen LogP contribution in [0, 0.1) is 6.92 Å². The van der Waals surface area contributed by atoms with E-state index in [4.69, 9.17) is 5.73 Å². The summed E-state index contributed by atoms with van der Waals surface area (Å²) < 4.78 is 0. The molecule has 1 saturated heterocycles. The molecule has 2 heterocycles. The number of nitrogen functional groups attached to an aromatic ring is 1. The summed E-state index contributed by atoms with van der Waals surface area (Å²) in [5.74, 6) is 1.62. The number of nitrogens with zero attached hydrogens (tertiary/aromatic N) is 5. The summed E-state index contributed by atoms with van der Waals surface area (Å²) in [6, 6.07) is 19.1. The van der Waals surface area contributed by atoms with Crippen LogP contribution in [0.1, 0.15) is 18.1 Å². The molecule has 0 aliphatic carbocycles. The van der Waals surface area contributed by atoms with Gasteiger partial charge < -0.3 is 15.5 Å². The number of hydrogen-bond donors (Lipinski definition) is 1. The molecule has 1 aliphatic rings. The fourth-order valence-corrected chi connectivity index (χ4v) is 4.05. The van der Waals surface area contributed by atoms with Crippen LogP contribution < -0.4 is 15.5 Å². The molecule has 0 amide bonds. The Bertz CT molecular complexity index is 966. The first-order chi connectivity index (χ1) is 14.7. The minimum absolute atomic E-state index is 0.650. The van der Waals surface area contributed by atoms with Gasteiger partial charge >= 0.3 is 0 Å². The Kier molecular flexibility index (Phi) is 6.14. The Morgan fingerprint density at radius 3 is 2.43 bits per heavy atom. The van der Waals surface area contributed by atoms with Crippen LogP contribution in [0.15, 0.2) is 60.9 Å². The van der Waals surface area contributed by atoms with Crippen LogP contribution in [0.4, 0.5) is 23.0 Å². The van der Waals surface area contributed by atoms with Crippen molar-refractivity contribution in [1.82, 2.24) is 14.9 Å². The average Bonchev–Trinajstić information content (AvgIpc) is 2.77. The van der Waals surface area contributed by atoms with Gasteiger partial charge in [0, 0.05) is 45.0 Å². The van der Waals surface area contributed by atoms with Crippen molar-refractivity contribution in [2.45, 2.75) is 20.4 Å². The van der Waals surface area contributed by atoms with Crippen molar-refractivity contribution in [2.24, 2.45) is 0 Å². The summed E-state index contributed by atoms with van der Waals surface area (Å²) in [5, 5.41) is 0. The van der Waals surface area contributed by atoms with Crippen LogP contribution in [-0.4, -0.2) is 47.6 Å². The maximum absolute atomic E-state index is 6.60. The highest BCUT2D eigenvalue weighted by Gasteiger charge is 2.23. The number of aryl methyl sites for hydroxylation is 1. The monoisotopic (exact) mass is 402 g/mol. The lowest BCUT2D eigenvalue weighted by Gasteiger charge is -2.36. The van der Waals surface area contributed by atoms with E-state index >= 15 is 0 Å². The molecule has 2 aromatic carbocycles. The second-order valence-corrected chi connectivity index (χ2v) is 7.77. The van der Waals surface area contributed by atoms with E-state index in [9.17, 15) is 0 Å². The lowest BCUT2D eigenvalue weighted by atomic mass is 10.2. The number of anilines is 4. The fraction of sp³-hybridized carbons (Fsp3) is 0.333. The molecular formula is C24H30N6. The first-order valence-corrected chi connectivity index (χ1v) is 10.6. The van der Waals surface area contributed by atoms with Crippen molar-refractivity contribution in [2.75, 3.05) is 48.3 Å². The highest BCUT2D eigenvalue weighted by molar-refractivity contribution is 5.79. The van der Waals surface area contributed by atoms with E-state index in [1.807, 2.05) is 0 Å². The summed E-state index contributed by atoms with van der Waals surface area (Å²) >= 11 is 0. The van der Waals surface area contributed by atoms with Gasteiger partial charge in [-0.15, -0.1) is 0 Å². The molecule has 0 bridgehead atoms. The largest absolute Gasteiger partial charge is 0.393 e. The Morgan fingerprint density at radius 1 is 0.967 bits per heavy atom. The number of aromatic nitrogens is 2. The molecule has 6 heteroatoms. The zero-order valence-corrected chi connectivity index (χ0v) is 17.8. The quantitative estimate of drug-likeness (QED) is 0.676. The second kappa shape index (κ2) is 9.13. The molecule has 0 saturated carbocycles. The molecule has 6 nitrogen and oxygen atoms in total. The lowest BCUT2D eigenvalue weighted by Crippen LogP contribution is -2.46. The smallest absolute Gasteiger partial charge is 0.161 e. The zero-order chi connectivity index (χ0) is 20.9. The third-order valence-corrected chi connectivity index (χ3v) is 5.65. The highest BCUT2D eigenvalue weighted by Crippen LogP contribution is 2.34. The molecule has 30 heavy (non-hydrogen) atoms. The van der Waals surface area contributed by atoms with Gasteiger partial charge in [-0.1, -0.05) is 42.5 Å². The summed E-state index contributed by atoms with van der Waals surface area (Å²) in [7, 11) is 0. The molecule has 0 unspecified atom stereocenters. The summed E-state index contributed by atoms with van der Waals surface area (Å²) in [6.07, 6.45) is 1.63. The van der Waals surface area contributed by atoms with Crippen molar-refractivity contribution in [3.63, 3.8) is 0 Å². The van der Waals surface area contributed by atoms with Crippen LogP contribution in [0.2, 0.25) is 0 Å². The molecule has 1 aliphatic heterocycles. The molecule has 0 atom stereocenters. The molecule has 1 fully saturated rings. The van der Waals surface area contributed by atoms with Crippen molar-refractivity contribution in [1.29, 1.82) is 0 Å². The van der Waals surface area contributed by atoms with Gasteiger partial charge in [-0.25, -0.2) is 9.97 Å². The molecule has 2 N–H and O–H groups in total. The number of nitrogens with two attached hydrogens (primary N) is 1. The van der Waals surface area contributed by atoms with Gasteiger partial charge in [0.1, 0.15) is 12.0 Å². The van der Waals surface area contributed by atoms with Crippen LogP contribution in [0.5, 0.6) is 0 Å². The van der Waals surface area contributed by atoms with Gasteiger partial charge in [0.2, 0.25) is 0 Å². The standard InChI is InChI=1S/C24H30N6/c1-3-30(21-11-7-8-19(2)16-21)24-22(25)23(26-18-27-24)29-14-12-28(13-15-29)17-20-9-5-4-6-10-20/h4-11,16,18H,3,12-15,17,25H2,1-2H3. The summed E-state index contributed by atoms with van der Waals surface area (Å²) in [4.78, 5) is 16.0. The van der Waals surface area contributed by atoms with Gasteiger partial charge in [0.15, 0.2) is 11.6 Å². The number of rotatable bonds is 6. The normalized spacial score (nSPS) is 14.7. The predicted octanol–water partition coefficient (Wildman–Crippen LogP) is 3.85. The van der Waals surface area contributed by atoms with Crippen LogP contribution in [-0.2, 0) is 6.54 Å². The zero-order valence-electron chi connectivity index (χ0n) is 17.8. The highest BCUT2D eigenvalue weighted by atomic mass is 15.3. The maximum atomic E-state index is 6.60. The van der Waals surface area contributed by atoms with Crippen molar-refractivity contribution in [3.05, 3.63) is 72.1 Å². The topological polar surface area (TPSA) is 61.5 Å². The third-order valence-electron chi connectivity index (χ3n) is 5.65. The van der Waals surface area contributed by atoms with Gasteiger partial charge in [-0.3, -0.25) is 4.90 Å². The van der Waals surface area contributed by atoms with E-state index in [0.717, 1.165) is 56.6 Å². The molecular weight excluding hydrogens is 372 g/mol. The molecule has 0 radical (unpaired) electrons. The van der Waals surface area contributed by atoms with Crippen LogP contribution in [0.25, 0.3) is 0 Å². The first kappa shape index (κ1) is 20.2. The molecule has 3 aromatic rings. The van der Waals surface area contributed by atoms with E-state index in [0.29, 0.717) is 5.69 Å². The van der Waals surface area contributed by atoms with Crippen molar-refractivity contribution < 1.29 is 0 Å². The third kappa shape index (κ3) is 4.39. The predicted molar refractivity (Wildman–Crippen MR) is 124 cm³/mol. The Hall–Kier alpha value is -3.12. The van der Waals surface area contributed by atoms with Crippen molar-refractivity contribution in [3.8, 4) is 0 Å². The minimum atomic E-state index is 0.650. The van der Waals surface area contributed by atoms with E-state index in [1.165, 1.54) is 11.1 Å².